The van der Waals surface area contributed by atoms with Gasteiger partial charge >= 0.3 is 0 Å². The molecule has 0 spiro atoms. The highest BCUT2D eigenvalue weighted by atomic mass is 32.2. The van der Waals surface area contributed by atoms with Gasteiger partial charge in [-0.15, -0.1) is 0 Å². The Morgan fingerprint density at radius 2 is 2.21 bits per heavy atom. The first-order valence-corrected chi connectivity index (χ1v) is 7.86. The number of rotatable bonds is 7. The van der Waals surface area contributed by atoms with E-state index in [0.29, 0.717) is 0 Å². The molecule has 0 aliphatic heterocycles. The quantitative estimate of drug-likeness (QED) is 0.739. The van der Waals surface area contributed by atoms with Crippen LogP contribution in [-0.2, 0) is 21.4 Å². The molecule has 1 amide bonds. The van der Waals surface area contributed by atoms with Crippen LogP contribution in [0, 0.1) is 5.92 Å². The molecule has 0 bridgehead atoms. The molecule has 104 valence electrons. The summed E-state index contributed by atoms with van der Waals surface area (Å²) in [5, 5.41) is 2.63. The van der Waals surface area contributed by atoms with Gasteiger partial charge in [-0.1, -0.05) is 6.07 Å². The lowest BCUT2D eigenvalue weighted by molar-refractivity contribution is -0.122. The third-order valence-corrected chi connectivity index (χ3v) is 4.16. The Morgan fingerprint density at radius 3 is 2.84 bits per heavy atom. The second-order valence-corrected chi connectivity index (χ2v) is 6.49. The molecule has 19 heavy (non-hydrogen) atoms. The summed E-state index contributed by atoms with van der Waals surface area (Å²) < 4.78 is 25.9. The molecule has 0 atom stereocenters. The van der Waals surface area contributed by atoms with Gasteiger partial charge in [0, 0.05) is 31.4 Å². The molecule has 1 aromatic rings. The van der Waals surface area contributed by atoms with Crippen molar-refractivity contribution in [1.82, 2.24) is 15.0 Å². The number of carbonyl (C=O) groups excluding carboxylic acids is 1. The van der Waals surface area contributed by atoms with Crippen LogP contribution in [0.5, 0.6) is 0 Å². The number of hydrogen-bond donors (Lipinski definition) is 2. The standard InChI is InChI=1S/C12H17N3O3S/c16-12(11-3-4-11)14-6-7-19(17,18)15-9-10-2-1-5-13-8-10/h1-2,5,8,11,15H,3-4,6-7,9H2,(H,14,16). The van der Waals surface area contributed by atoms with Gasteiger partial charge in [0.15, 0.2) is 0 Å². The fourth-order valence-corrected chi connectivity index (χ4v) is 2.47. The molecule has 1 aliphatic rings. The van der Waals surface area contributed by atoms with Crippen LogP contribution in [0.4, 0.5) is 0 Å². The van der Waals surface area contributed by atoms with E-state index in [2.05, 4.69) is 15.0 Å². The third-order valence-electron chi connectivity index (χ3n) is 2.84. The second-order valence-electron chi connectivity index (χ2n) is 4.57. The maximum atomic E-state index is 11.7. The van der Waals surface area contributed by atoms with Crippen LogP contribution in [0.2, 0.25) is 0 Å². The normalized spacial score (nSPS) is 15.2. The Hall–Kier alpha value is -1.47. The first-order chi connectivity index (χ1) is 9.07. The highest BCUT2D eigenvalue weighted by molar-refractivity contribution is 7.89. The predicted molar refractivity (Wildman–Crippen MR) is 70.6 cm³/mol. The predicted octanol–water partition coefficient (Wildman–Crippen LogP) is 0.0272. The van der Waals surface area contributed by atoms with Crippen LogP contribution >= 0.6 is 0 Å². The van der Waals surface area contributed by atoms with Crippen molar-refractivity contribution in [3.8, 4) is 0 Å². The van der Waals surface area contributed by atoms with Crippen LogP contribution < -0.4 is 10.0 Å². The first kappa shape index (κ1) is 14.0. The third kappa shape index (κ3) is 4.96. The summed E-state index contributed by atoms with van der Waals surface area (Å²) in [5.74, 6) is -0.0420. The van der Waals surface area contributed by atoms with Gasteiger partial charge in [-0.2, -0.15) is 0 Å². The molecule has 1 heterocycles. The summed E-state index contributed by atoms with van der Waals surface area (Å²) in [6.07, 6.45) is 5.07. The molecule has 6 nitrogen and oxygen atoms in total. The molecular formula is C12H17N3O3S. The van der Waals surface area contributed by atoms with Crippen molar-refractivity contribution in [2.75, 3.05) is 12.3 Å². The summed E-state index contributed by atoms with van der Waals surface area (Å²) in [6.45, 7) is 0.366. The summed E-state index contributed by atoms with van der Waals surface area (Å²) in [5.41, 5.74) is 0.799. The van der Waals surface area contributed by atoms with Gasteiger partial charge in [0.05, 0.1) is 5.75 Å². The van der Waals surface area contributed by atoms with E-state index in [1.165, 1.54) is 0 Å². The average molecular weight is 283 g/mol. The molecule has 1 aliphatic carbocycles. The van der Waals surface area contributed by atoms with Crippen LogP contribution in [0.15, 0.2) is 24.5 Å². The molecule has 1 saturated carbocycles. The largest absolute Gasteiger partial charge is 0.355 e. The Balaban J connectivity index is 1.70. The Morgan fingerprint density at radius 1 is 1.42 bits per heavy atom. The van der Waals surface area contributed by atoms with E-state index in [1.54, 1.807) is 24.5 Å². The molecule has 0 unspecified atom stereocenters. The molecule has 0 saturated heterocycles. The molecular weight excluding hydrogens is 266 g/mol. The number of hydrogen-bond acceptors (Lipinski definition) is 4. The molecule has 0 aromatic carbocycles. The summed E-state index contributed by atoms with van der Waals surface area (Å²) in [6, 6.07) is 3.55. The zero-order chi connectivity index (χ0) is 13.7. The molecule has 7 heteroatoms. The molecule has 0 radical (unpaired) electrons. The molecule has 1 fully saturated rings. The lowest BCUT2D eigenvalue weighted by Gasteiger charge is -2.07. The fraction of sp³-hybridized carbons (Fsp3) is 0.500. The average Bonchev–Trinajstić information content (AvgIpc) is 3.22. The zero-order valence-corrected chi connectivity index (χ0v) is 11.3. The van der Waals surface area contributed by atoms with E-state index in [1.807, 2.05) is 0 Å². The van der Waals surface area contributed by atoms with Gasteiger partial charge in [-0.25, -0.2) is 13.1 Å². The minimum absolute atomic E-state index is 0.0394. The van der Waals surface area contributed by atoms with Gasteiger partial charge in [0.1, 0.15) is 0 Å². The zero-order valence-electron chi connectivity index (χ0n) is 10.5. The number of nitrogens with zero attached hydrogens (tertiary/aromatic N) is 1. The van der Waals surface area contributed by atoms with E-state index in [9.17, 15) is 13.2 Å². The minimum Gasteiger partial charge on any atom is -0.355 e. The van der Waals surface area contributed by atoms with Crippen molar-refractivity contribution >= 4 is 15.9 Å². The van der Waals surface area contributed by atoms with E-state index in [4.69, 9.17) is 0 Å². The van der Waals surface area contributed by atoms with Crippen molar-refractivity contribution in [1.29, 1.82) is 0 Å². The van der Waals surface area contributed by atoms with Crippen molar-refractivity contribution in [3.05, 3.63) is 30.1 Å². The van der Waals surface area contributed by atoms with E-state index in [0.717, 1.165) is 18.4 Å². The van der Waals surface area contributed by atoms with Crippen molar-refractivity contribution in [3.63, 3.8) is 0 Å². The number of pyridine rings is 1. The Bertz CT molecular complexity index is 526. The molecule has 2 N–H and O–H groups in total. The van der Waals surface area contributed by atoms with Gasteiger partial charge < -0.3 is 5.32 Å². The van der Waals surface area contributed by atoms with Gasteiger partial charge in [-0.05, 0) is 24.5 Å². The highest BCUT2D eigenvalue weighted by Crippen LogP contribution is 2.28. The maximum Gasteiger partial charge on any atom is 0.223 e. The Labute approximate surface area is 112 Å². The fourth-order valence-electron chi connectivity index (χ4n) is 1.57. The summed E-state index contributed by atoms with van der Waals surface area (Å²) >= 11 is 0. The topological polar surface area (TPSA) is 88.2 Å². The minimum atomic E-state index is -3.37. The lowest BCUT2D eigenvalue weighted by Crippen LogP contribution is -2.34. The number of amides is 1. The van der Waals surface area contributed by atoms with Crippen molar-refractivity contribution < 1.29 is 13.2 Å². The molecule has 1 aromatic heterocycles. The number of aromatic nitrogens is 1. The van der Waals surface area contributed by atoms with Crippen molar-refractivity contribution in [2.24, 2.45) is 5.92 Å². The maximum absolute atomic E-state index is 11.7. The van der Waals surface area contributed by atoms with Gasteiger partial charge in [-0.3, -0.25) is 9.78 Å². The monoisotopic (exact) mass is 283 g/mol. The number of nitrogens with one attached hydrogen (secondary N) is 2. The number of carbonyl (C=O) groups is 1. The summed E-state index contributed by atoms with van der Waals surface area (Å²) in [7, 11) is -3.37. The smallest absolute Gasteiger partial charge is 0.223 e. The second kappa shape index (κ2) is 6.12. The van der Waals surface area contributed by atoms with Crippen LogP contribution in [0.1, 0.15) is 18.4 Å². The molecule has 2 rings (SSSR count). The highest BCUT2D eigenvalue weighted by Gasteiger charge is 2.29. The van der Waals surface area contributed by atoms with E-state index < -0.39 is 10.0 Å². The van der Waals surface area contributed by atoms with E-state index in [-0.39, 0.29) is 30.7 Å². The van der Waals surface area contributed by atoms with Crippen LogP contribution in [0.25, 0.3) is 0 Å². The van der Waals surface area contributed by atoms with Crippen LogP contribution in [-0.4, -0.2) is 31.6 Å². The SMILES string of the molecule is O=C(NCCS(=O)(=O)NCc1cccnc1)C1CC1. The Kier molecular flexibility index (Phi) is 4.49. The van der Waals surface area contributed by atoms with E-state index >= 15 is 0 Å². The lowest BCUT2D eigenvalue weighted by atomic mass is 10.3. The van der Waals surface area contributed by atoms with Crippen molar-refractivity contribution in [2.45, 2.75) is 19.4 Å². The van der Waals surface area contributed by atoms with Gasteiger partial charge in [0.2, 0.25) is 15.9 Å². The summed E-state index contributed by atoms with van der Waals surface area (Å²) in [4.78, 5) is 15.2. The number of sulfonamides is 1. The van der Waals surface area contributed by atoms with Crippen LogP contribution in [0.3, 0.4) is 0 Å². The first-order valence-electron chi connectivity index (χ1n) is 6.21. The van der Waals surface area contributed by atoms with Gasteiger partial charge in [0.25, 0.3) is 0 Å².